The van der Waals surface area contributed by atoms with Crippen LogP contribution in [0.2, 0.25) is 0 Å². The fourth-order valence-electron chi connectivity index (χ4n) is 2.32. The molecule has 2 aromatic rings. The van der Waals surface area contributed by atoms with Crippen LogP contribution in [0.15, 0.2) is 24.5 Å². The average molecular weight is 293 g/mol. The molecular formula is C13H15N3O3S. The van der Waals surface area contributed by atoms with Crippen LogP contribution < -0.4 is 0 Å². The van der Waals surface area contributed by atoms with Crippen LogP contribution in [-0.2, 0) is 9.84 Å². The number of sulfone groups is 1. The zero-order valence-electron chi connectivity index (χ0n) is 11.0. The quantitative estimate of drug-likeness (QED) is 0.908. The number of likely N-dealkylation sites (tertiary alicyclic amines) is 1. The van der Waals surface area contributed by atoms with Crippen molar-refractivity contribution < 1.29 is 13.2 Å². The second-order valence-corrected chi connectivity index (χ2v) is 7.49. The minimum absolute atomic E-state index is 0.125. The standard InChI is InChI=1S/C13H15N3O3S/c1-2-20(18,19)10-6-16(7-10)13(17)9-3-4-11-12(5-9)15-8-14-11/h3-5,8,10H,2,6-7H2,1H3,(H,14,15). The van der Waals surface area contributed by atoms with Gasteiger partial charge in [0.15, 0.2) is 9.84 Å². The summed E-state index contributed by atoms with van der Waals surface area (Å²) in [4.78, 5) is 20.9. The van der Waals surface area contributed by atoms with Crippen molar-refractivity contribution in [1.82, 2.24) is 14.9 Å². The van der Waals surface area contributed by atoms with E-state index in [1.165, 1.54) is 0 Å². The molecule has 2 heterocycles. The summed E-state index contributed by atoms with van der Waals surface area (Å²) in [7, 11) is -3.05. The molecule has 1 amide bonds. The third-order valence-corrected chi connectivity index (χ3v) is 5.83. The molecule has 0 bridgehead atoms. The Balaban J connectivity index is 1.75. The molecule has 3 rings (SSSR count). The molecule has 1 aliphatic heterocycles. The molecule has 1 aliphatic rings. The molecule has 0 atom stereocenters. The van der Waals surface area contributed by atoms with E-state index in [1.54, 1.807) is 36.4 Å². The highest BCUT2D eigenvalue weighted by Crippen LogP contribution is 2.21. The van der Waals surface area contributed by atoms with E-state index in [0.717, 1.165) is 11.0 Å². The zero-order valence-corrected chi connectivity index (χ0v) is 11.9. The number of hydrogen-bond donors (Lipinski definition) is 1. The number of nitrogens with zero attached hydrogens (tertiary/aromatic N) is 2. The van der Waals surface area contributed by atoms with Crippen LogP contribution in [0.1, 0.15) is 17.3 Å². The Labute approximate surface area is 116 Å². The van der Waals surface area contributed by atoms with Crippen molar-refractivity contribution in [3.8, 4) is 0 Å². The topological polar surface area (TPSA) is 83.1 Å². The highest BCUT2D eigenvalue weighted by molar-refractivity contribution is 7.92. The Morgan fingerprint density at radius 2 is 2.20 bits per heavy atom. The summed E-state index contributed by atoms with van der Waals surface area (Å²) in [6, 6.07) is 5.23. The number of benzene rings is 1. The number of carbonyl (C=O) groups is 1. The Kier molecular flexibility index (Phi) is 3.01. The average Bonchev–Trinajstić information content (AvgIpc) is 2.83. The van der Waals surface area contributed by atoms with Crippen molar-refractivity contribution in [2.75, 3.05) is 18.8 Å². The maximum absolute atomic E-state index is 12.3. The van der Waals surface area contributed by atoms with Gasteiger partial charge in [0, 0.05) is 24.4 Å². The fraction of sp³-hybridized carbons (Fsp3) is 0.385. The van der Waals surface area contributed by atoms with E-state index in [9.17, 15) is 13.2 Å². The number of imidazole rings is 1. The lowest BCUT2D eigenvalue weighted by atomic mass is 10.1. The van der Waals surface area contributed by atoms with Gasteiger partial charge in [-0.25, -0.2) is 13.4 Å². The summed E-state index contributed by atoms with van der Waals surface area (Å²) >= 11 is 0. The molecule has 1 saturated heterocycles. The number of fused-ring (bicyclic) bond motifs is 1. The van der Waals surface area contributed by atoms with Gasteiger partial charge in [-0.2, -0.15) is 0 Å². The van der Waals surface area contributed by atoms with Crippen LogP contribution in [0.3, 0.4) is 0 Å². The number of amides is 1. The predicted molar refractivity (Wildman–Crippen MR) is 75.2 cm³/mol. The van der Waals surface area contributed by atoms with Crippen molar-refractivity contribution in [3.05, 3.63) is 30.1 Å². The zero-order chi connectivity index (χ0) is 14.3. The Morgan fingerprint density at radius 3 is 2.90 bits per heavy atom. The number of aromatic amines is 1. The summed E-state index contributed by atoms with van der Waals surface area (Å²) in [5.74, 6) is -0.0103. The first-order chi connectivity index (χ1) is 9.51. The van der Waals surface area contributed by atoms with Gasteiger partial charge in [-0.1, -0.05) is 6.92 Å². The van der Waals surface area contributed by atoms with Crippen LogP contribution in [0, 0.1) is 0 Å². The second kappa shape index (κ2) is 4.59. The van der Waals surface area contributed by atoms with Crippen LogP contribution in [0.5, 0.6) is 0 Å². The van der Waals surface area contributed by atoms with Gasteiger partial charge in [0.2, 0.25) is 0 Å². The normalized spacial score (nSPS) is 16.4. The highest BCUT2D eigenvalue weighted by atomic mass is 32.2. The summed E-state index contributed by atoms with van der Waals surface area (Å²) in [6.07, 6.45) is 1.58. The molecule has 106 valence electrons. The summed E-state index contributed by atoms with van der Waals surface area (Å²) < 4.78 is 23.4. The molecule has 0 saturated carbocycles. The van der Waals surface area contributed by atoms with E-state index >= 15 is 0 Å². The second-order valence-electron chi connectivity index (χ2n) is 4.92. The molecule has 0 radical (unpaired) electrons. The van der Waals surface area contributed by atoms with Crippen LogP contribution in [0.25, 0.3) is 11.0 Å². The number of rotatable bonds is 3. The van der Waals surface area contributed by atoms with Crippen molar-refractivity contribution in [1.29, 1.82) is 0 Å². The van der Waals surface area contributed by atoms with Crippen molar-refractivity contribution >= 4 is 26.8 Å². The van der Waals surface area contributed by atoms with Gasteiger partial charge >= 0.3 is 0 Å². The van der Waals surface area contributed by atoms with E-state index in [-0.39, 0.29) is 24.7 Å². The third-order valence-electron chi connectivity index (χ3n) is 3.71. The molecule has 0 aliphatic carbocycles. The van der Waals surface area contributed by atoms with Gasteiger partial charge in [0.05, 0.1) is 22.6 Å². The van der Waals surface area contributed by atoms with Crippen molar-refractivity contribution in [2.45, 2.75) is 12.2 Å². The summed E-state index contributed by atoms with van der Waals surface area (Å²) in [5.41, 5.74) is 2.15. The Bertz CT molecular complexity index is 760. The molecule has 0 unspecified atom stereocenters. The van der Waals surface area contributed by atoms with Gasteiger partial charge in [-0.05, 0) is 18.2 Å². The van der Waals surface area contributed by atoms with Gasteiger partial charge in [0.25, 0.3) is 5.91 Å². The van der Waals surface area contributed by atoms with E-state index in [1.807, 2.05) is 0 Å². The minimum Gasteiger partial charge on any atom is -0.345 e. The van der Waals surface area contributed by atoms with Gasteiger partial charge in [-0.15, -0.1) is 0 Å². The number of carbonyl (C=O) groups excluding carboxylic acids is 1. The lowest BCUT2D eigenvalue weighted by Gasteiger charge is -2.38. The lowest BCUT2D eigenvalue weighted by Crippen LogP contribution is -2.57. The maximum Gasteiger partial charge on any atom is 0.254 e. The monoisotopic (exact) mass is 293 g/mol. The molecule has 20 heavy (non-hydrogen) atoms. The van der Waals surface area contributed by atoms with Gasteiger partial charge < -0.3 is 9.88 Å². The van der Waals surface area contributed by atoms with E-state index in [0.29, 0.717) is 5.56 Å². The molecule has 6 nitrogen and oxygen atoms in total. The molecule has 1 aromatic carbocycles. The highest BCUT2D eigenvalue weighted by Gasteiger charge is 2.38. The van der Waals surface area contributed by atoms with Crippen LogP contribution in [-0.4, -0.2) is 53.3 Å². The first-order valence-corrected chi connectivity index (χ1v) is 8.17. The Hall–Kier alpha value is -1.89. The predicted octanol–water partition coefficient (Wildman–Crippen LogP) is 0.822. The SMILES string of the molecule is CCS(=O)(=O)C1CN(C(=O)c2ccc3nc[nH]c3c2)C1. The molecular weight excluding hydrogens is 278 g/mol. The van der Waals surface area contributed by atoms with Crippen LogP contribution >= 0.6 is 0 Å². The molecule has 1 aromatic heterocycles. The molecule has 1 N–H and O–H groups in total. The number of hydrogen-bond acceptors (Lipinski definition) is 4. The smallest absolute Gasteiger partial charge is 0.254 e. The minimum atomic E-state index is -3.05. The fourth-order valence-corrected chi connectivity index (χ4v) is 3.60. The number of nitrogens with one attached hydrogen (secondary N) is 1. The van der Waals surface area contributed by atoms with Crippen molar-refractivity contribution in [2.24, 2.45) is 0 Å². The van der Waals surface area contributed by atoms with Gasteiger partial charge in [0.1, 0.15) is 0 Å². The lowest BCUT2D eigenvalue weighted by molar-refractivity contribution is 0.0659. The van der Waals surface area contributed by atoms with Gasteiger partial charge in [-0.3, -0.25) is 4.79 Å². The largest absolute Gasteiger partial charge is 0.345 e. The third kappa shape index (κ3) is 2.07. The Morgan fingerprint density at radius 1 is 1.45 bits per heavy atom. The maximum atomic E-state index is 12.3. The first kappa shape index (κ1) is 13.1. The van der Waals surface area contributed by atoms with E-state index in [4.69, 9.17) is 0 Å². The first-order valence-electron chi connectivity index (χ1n) is 6.45. The van der Waals surface area contributed by atoms with Crippen molar-refractivity contribution in [3.63, 3.8) is 0 Å². The summed E-state index contributed by atoms with van der Waals surface area (Å²) in [5, 5.41) is -0.410. The molecule has 7 heteroatoms. The molecule has 1 fully saturated rings. The van der Waals surface area contributed by atoms with Crippen LogP contribution in [0.4, 0.5) is 0 Å². The summed E-state index contributed by atoms with van der Waals surface area (Å²) in [6.45, 7) is 2.21. The number of aromatic nitrogens is 2. The van der Waals surface area contributed by atoms with E-state index < -0.39 is 15.1 Å². The van der Waals surface area contributed by atoms with E-state index in [2.05, 4.69) is 9.97 Å². The number of H-pyrrole nitrogens is 1. The molecule has 0 spiro atoms.